The maximum Gasteiger partial charge on any atom is 0.326 e. The highest BCUT2D eigenvalue weighted by Gasteiger charge is 2.22. The van der Waals surface area contributed by atoms with Crippen molar-refractivity contribution in [2.75, 3.05) is 27.2 Å². The monoisotopic (exact) mass is 254 g/mol. The molecule has 18 heavy (non-hydrogen) atoms. The van der Waals surface area contributed by atoms with Crippen LogP contribution in [0.4, 0.5) is 0 Å². The zero-order valence-electron chi connectivity index (χ0n) is 11.3. The summed E-state index contributed by atoms with van der Waals surface area (Å²) in [5, 5.41) is 12.3. The predicted molar refractivity (Wildman–Crippen MR) is 69.5 cm³/mol. The second-order valence-corrected chi connectivity index (χ2v) is 4.54. The molecule has 6 heteroatoms. The molecule has 0 aromatic carbocycles. The minimum Gasteiger partial charge on any atom is -0.480 e. The summed E-state index contributed by atoms with van der Waals surface area (Å²) >= 11 is 0. The standard InChI is InChI=1S/C12H22N4O2/c1-4-6-16-9-13-8-10(16)11(12(17)18)14-5-7-15(2)3/h8-9,11,14H,4-7H2,1-3H3,(H,17,18). The lowest BCUT2D eigenvalue weighted by molar-refractivity contribution is -0.139. The van der Waals surface area contributed by atoms with Crippen molar-refractivity contribution in [2.24, 2.45) is 0 Å². The lowest BCUT2D eigenvalue weighted by Crippen LogP contribution is -2.35. The number of aryl methyl sites for hydroxylation is 1. The number of hydrogen-bond acceptors (Lipinski definition) is 4. The van der Waals surface area contributed by atoms with Crippen LogP contribution in [0.25, 0.3) is 0 Å². The lowest BCUT2D eigenvalue weighted by atomic mass is 10.2. The number of aromatic nitrogens is 2. The van der Waals surface area contributed by atoms with Crippen LogP contribution >= 0.6 is 0 Å². The van der Waals surface area contributed by atoms with Crippen LogP contribution in [0, 0.1) is 0 Å². The molecule has 1 atom stereocenters. The van der Waals surface area contributed by atoms with Gasteiger partial charge < -0.3 is 14.6 Å². The maximum atomic E-state index is 11.3. The van der Waals surface area contributed by atoms with Crippen molar-refractivity contribution in [2.45, 2.75) is 25.9 Å². The Labute approximate surface area is 108 Å². The lowest BCUT2D eigenvalue weighted by Gasteiger charge is -2.18. The molecule has 0 aliphatic carbocycles. The van der Waals surface area contributed by atoms with Gasteiger partial charge in [0.15, 0.2) is 0 Å². The van der Waals surface area contributed by atoms with Crippen molar-refractivity contribution in [3.63, 3.8) is 0 Å². The van der Waals surface area contributed by atoms with E-state index in [0.29, 0.717) is 12.2 Å². The molecule has 0 saturated carbocycles. The molecule has 0 fully saturated rings. The summed E-state index contributed by atoms with van der Waals surface area (Å²) in [6, 6.07) is -0.695. The predicted octanol–water partition coefficient (Wildman–Crippen LogP) is 0.570. The first-order valence-electron chi connectivity index (χ1n) is 6.17. The molecule has 0 saturated heterocycles. The second-order valence-electron chi connectivity index (χ2n) is 4.54. The minimum atomic E-state index is -0.869. The number of nitrogens with one attached hydrogen (secondary N) is 1. The number of imidazole rings is 1. The van der Waals surface area contributed by atoms with Gasteiger partial charge in [-0.05, 0) is 20.5 Å². The third-order valence-electron chi connectivity index (χ3n) is 2.66. The van der Waals surface area contributed by atoms with Gasteiger partial charge in [-0.15, -0.1) is 0 Å². The summed E-state index contributed by atoms with van der Waals surface area (Å²) in [4.78, 5) is 17.4. The molecule has 1 unspecified atom stereocenters. The summed E-state index contributed by atoms with van der Waals surface area (Å²) in [6.45, 7) is 4.26. The van der Waals surface area contributed by atoms with E-state index >= 15 is 0 Å². The summed E-state index contributed by atoms with van der Waals surface area (Å²) in [5.41, 5.74) is 0.711. The number of aliphatic carboxylic acids is 1. The molecule has 0 bridgehead atoms. The molecule has 1 aromatic heterocycles. The number of likely N-dealkylation sites (N-methyl/N-ethyl adjacent to an activating group) is 1. The van der Waals surface area contributed by atoms with Crippen molar-refractivity contribution in [3.8, 4) is 0 Å². The molecule has 0 amide bonds. The number of carboxylic acids is 1. The smallest absolute Gasteiger partial charge is 0.326 e. The average Bonchev–Trinajstić information content (AvgIpc) is 2.72. The first-order valence-corrected chi connectivity index (χ1v) is 6.17. The maximum absolute atomic E-state index is 11.3. The van der Waals surface area contributed by atoms with Gasteiger partial charge in [0.05, 0.1) is 18.2 Å². The molecule has 1 aromatic rings. The van der Waals surface area contributed by atoms with E-state index in [1.54, 1.807) is 12.5 Å². The molecule has 6 nitrogen and oxygen atoms in total. The summed E-state index contributed by atoms with van der Waals surface area (Å²) < 4.78 is 1.89. The van der Waals surface area contributed by atoms with Crippen LogP contribution in [0.2, 0.25) is 0 Å². The highest BCUT2D eigenvalue weighted by molar-refractivity contribution is 5.74. The molecule has 0 radical (unpaired) electrons. The van der Waals surface area contributed by atoms with E-state index in [2.05, 4.69) is 17.2 Å². The van der Waals surface area contributed by atoms with Crippen molar-refractivity contribution in [1.82, 2.24) is 19.8 Å². The summed E-state index contributed by atoms with van der Waals surface area (Å²) in [6.07, 6.45) is 4.26. The molecule has 1 rings (SSSR count). The zero-order chi connectivity index (χ0) is 13.5. The molecule has 0 aliphatic rings. The van der Waals surface area contributed by atoms with Gasteiger partial charge >= 0.3 is 5.97 Å². The van der Waals surface area contributed by atoms with Crippen LogP contribution in [0.3, 0.4) is 0 Å². The molecule has 0 spiro atoms. The van der Waals surface area contributed by atoms with Crippen LogP contribution in [0.1, 0.15) is 25.1 Å². The van der Waals surface area contributed by atoms with Crippen molar-refractivity contribution in [1.29, 1.82) is 0 Å². The van der Waals surface area contributed by atoms with Gasteiger partial charge in [0.2, 0.25) is 0 Å². The number of carboxylic acid groups (broad SMARTS) is 1. The first-order chi connectivity index (χ1) is 8.56. The van der Waals surface area contributed by atoms with E-state index in [-0.39, 0.29) is 0 Å². The van der Waals surface area contributed by atoms with Gasteiger partial charge in [0.25, 0.3) is 0 Å². The Hall–Kier alpha value is -1.40. The molecule has 2 N–H and O–H groups in total. The van der Waals surface area contributed by atoms with Gasteiger partial charge in [-0.25, -0.2) is 4.98 Å². The van der Waals surface area contributed by atoms with E-state index in [0.717, 1.165) is 19.5 Å². The van der Waals surface area contributed by atoms with Gasteiger partial charge in [-0.1, -0.05) is 6.92 Å². The van der Waals surface area contributed by atoms with Crippen LogP contribution in [-0.4, -0.2) is 52.7 Å². The first kappa shape index (κ1) is 14.7. The average molecular weight is 254 g/mol. The minimum absolute atomic E-state index is 0.626. The zero-order valence-corrected chi connectivity index (χ0v) is 11.3. The highest BCUT2D eigenvalue weighted by Crippen LogP contribution is 2.13. The van der Waals surface area contributed by atoms with Crippen LogP contribution < -0.4 is 5.32 Å². The van der Waals surface area contributed by atoms with E-state index in [1.807, 2.05) is 23.6 Å². The fraction of sp³-hybridized carbons (Fsp3) is 0.667. The van der Waals surface area contributed by atoms with Gasteiger partial charge in [0.1, 0.15) is 6.04 Å². The molecule has 1 heterocycles. The van der Waals surface area contributed by atoms with Gasteiger partial charge in [-0.3, -0.25) is 10.1 Å². The van der Waals surface area contributed by atoms with Crippen LogP contribution in [-0.2, 0) is 11.3 Å². The summed E-state index contributed by atoms with van der Waals surface area (Å²) in [7, 11) is 3.91. The van der Waals surface area contributed by atoms with Gasteiger partial charge in [-0.2, -0.15) is 0 Å². The van der Waals surface area contributed by atoms with E-state index in [4.69, 9.17) is 0 Å². The van der Waals surface area contributed by atoms with Crippen molar-refractivity contribution < 1.29 is 9.90 Å². The highest BCUT2D eigenvalue weighted by atomic mass is 16.4. The Morgan fingerprint density at radius 1 is 1.61 bits per heavy atom. The SMILES string of the molecule is CCCn1cncc1C(NCCN(C)C)C(=O)O. The Balaban J connectivity index is 2.71. The third kappa shape index (κ3) is 4.12. The molecule has 0 aliphatic heterocycles. The Morgan fingerprint density at radius 2 is 2.33 bits per heavy atom. The quantitative estimate of drug-likeness (QED) is 0.710. The molecular weight excluding hydrogens is 232 g/mol. The second kappa shape index (κ2) is 7.13. The van der Waals surface area contributed by atoms with E-state index < -0.39 is 12.0 Å². The topological polar surface area (TPSA) is 70.4 Å². The fourth-order valence-electron chi connectivity index (χ4n) is 1.75. The number of rotatable bonds is 8. The largest absolute Gasteiger partial charge is 0.480 e. The van der Waals surface area contributed by atoms with Gasteiger partial charge in [0, 0.05) is 19.6 Å². The molecule has 102 valence electrons. The number of carbonyl (C=O) groups is 1. The van der Waals surface area contributed by atoms with Crippen molar-refractivity contribution >= 4 is 5.97 Å². The van der Waals surface area contributed by atoms with Crippen LogP contribution in [0.5, 0.6) is 0 Å². The van der Waals surface area contributed by atoms with Crippen molar-refractivity contribution in [3.05, 3.63) is 18.2 Å². The fourth-order valence-corrected chi connectivity index (χ4v) is 1.75. The Morgan fingerprint density at radius 3 is 2.89 bits per heavy atom. The van der Waals surface area contributed by atoms with Crippen LogP contribution in [0.15, 0.2) is 12.5 Å². The third-order valence-corrected chi connectivity index (χ3v) is 2.66. The number of nitrogens with zero attached hydrogens (tertiary/aromatic N) is 3. The molecular formula is C12H22N4O2. The Kier molecular flexibility index (Phi) is 5.80. The summed E-state index contributed by atoms with van der Waals surface area (Å²) in [5.74, 6) is -0.869. The van der Waals surface area contributed by atoms with E-state index in [1.165, 1.54) is 0 Å². The Bertz CT molecular complexity index is 376. The number of hydrogen-bond donors (Lipinski definition) is 2. The normalized spacial score (nSPS) is 12.9. The van der Waals surface area contributed by atoms with E-state index in [9.17, 15) is 9.90 Å².